The Labute approximate surface area is 170 Å². The molecule has 0 unspecified atom stereocenters. The second-order valence-corrected chi connectivity index (χ2v) is 6.97. The molecule has 2 aromatic heterocycles. The topological polar surface area (TPSA) is 71.0 Å². The summed E-state index contributed by atoms with van der Waals surface area (Å²) in [6.07, 6.45) is 2.29. The number of carbonyl (C=O) groups is 1. The van der Waals surface area contributed by atoms with Crippen LogP contribution in [0.2, 0.25) is 0 Å². The molecule has 4 rings (SSSR count). The van der Waals surface area contributed by atoms with E-state index >= 15 is 0 Å². The summed E-state index contributed by atoms with van der Waals surface area (Å²) in [4.78, 5) is 26.7. The van der Waals surface area contributed by atoms with E-state index < -0.39 is 11.7 Å². The van der Waals surface area contributed by atoms with Crippen molar-refractivity contribution in [1.82, 2.24) is 19.9 Å². The number of halogens is 3. The molecule has 1 fully saturated rings. The molecule has 1 aliphatic heterocycles. The number of hydrogen-bond acceptors (Lipinski definition) is 5. The van der Waals surface area contributed by atoms with Gasteiger partial charge in [0.15, 0.2) is 5.82 Å². The second kappa shape index (κ2) is 7.74. The summed E-state index contributed by atoms with van der Waals surface area (Å²) in [6.45, 7) is 4.65. The first-order chi connectivity index (χ1) is 14.4. The Balaban J connectivity index is 1.64. The Kier molecular flexibility index (Phi) is 5.11. The summed E-state index contributed by atoms with van der Waals surface area (Å²) in [5.41, 5.74) is 1.49. The molecule has 6 nitrogen and oxygen atoms in total. The standard InChI is InChI=1S/C21H18F3N5O/c1-2-17(30)29-10-7-15(12-29)28-20-19-18(25-8-9-26-19)16(11-27-20)13-3-5-14(6-4-13)21(22,23)24/h2-6,8-9,11,15H,1,7,10,12H2,(H,27,28)/t15-/m0/s1. The van der Waals surface area contributed by atoms with Crippen LogP contribution in [0.25, 0.3) is 22.2 Å². The number of carbonyl (C=O) groups excluding carboxylic acids is 1. The van der Waals surface area contributed by atoms with Crippen LogP contribution < -0.4 is 5.32 Å². The molecule has 0 bridgehead atoms. The summed E-state index contributed by atoms with van der Waals surface area (Å²) < 4.78 is 38.5. The first-order valence-electron chi connectivity index (χ1n) is 9.32. The van der Waals surface area contributed by atoms with Gasteiger partial charge >= 0.3 is 6.18 Å². The highest BCUT2D eigenvalue weighted by molar-refractivity contribution is 5.96. The fourth-order valence-corrected chi connectivity index (χ4v) is 3.52. The van der Waals surface area contributed by atoms with E-state index in [4.69, 9.17) is 0 Å². The van der Waals surface area contributed by atoms with Crippen molar-refractivity contribution in [3.63, 3.8) is 0 Å². The van der Waals surface area contributed by atoms with Gasteiger partial charge in [0.1, 0.15) is 11.0 Å². The molecule has 1 atom stereocenters. The lowest BCUT2D eigenvalue weighted by Crippen LogP contribution is -2.30. The number of likely N-dealkylation sites (tertiary alicyclic amines) is 1. The molecule has 3 aromatic rings. The zero-order valence-corrected chi connectivity index (χ0v) is 15.9. The van der Waals surface area contributed by atoms with Crippen LogP contribution in [0.3, 0.4) is 0 Å². The number of aromatic nitrogens is 3. The van der Waals surface area contributed by atoms with Crippen molar-refractivity contribution in [3.8, 4) is 11.1 Å². The lowest BCUT2D eigenvalue weighted by molar-refractivity contribution is -0.137. The lowest BCUT2D eigenvalue weighted by atomic mass is 10.0. The van der Waals surface area contributed by atoms with Gasteiger partial charge < -0.3 is 10.2 Å². The highest BCUT2D eigenvalue weighted by atomic mass is 19.4. The second-order valence-electron chi connectivity index (χ2n) is 6.97. The third-order valence-corrected chi connectivity index (χ3v) is 5.04. The minimum Gasteiger partial charge on any atom is -0.364 e. The Morgan fingerprint density at radius 2 is 1.83 bits per heavy atom. The molecule has 154 valence electrons. The smallest absolute Gasteiger partial charge is 0.364 e. The van der Waals surface area contributed by atoms with Crippen LogP contribution in [0.5, 0.6) is 0 Å². The van der Waals surface area contributed by atoms with Crippen LogP contribution in [-0.2, 0) is 11.0 Å². The van der Waals surface area contributed by atoms with Crippen LogP contribution in [0.4, 0.5) is 19.0 Å². The molecule has 3 heterocycles. The summed E-state index contributed by atoms with van der Waals surface area (Å²) in [5.74, 6) is 0.404. The van der Waals surface area contributed by atoms with Crippen molar-refractivity contribution >= 4 is 22.8 Å². The number of anilines is 1. The molecular weight excluding hydrogens is 395 g/mol. The zero-order chi connectivity index (χ0) is 21.3. The van der Waals surface area contributed by atoms with Gasteiger partial charge in [-0.2, -0.15) is 13.2 Å². The highest BCUT2D eigenvalue weighted by Gasteiger charge is 2.30. The van der Waals surface area contributed by atoms with Crippen LogP contribution in [0.1, 0.15) is 12.0 Å². The number of amides is 1. The van der Waals surface area contributed by atoms with E-state index in [0.29, 0.717) is 41.1 Å². The van der Waals surface area contributed by atoms with Crippen LogP contribution in [-0.4, -0.2) is 44.9 Å². The highest BCUT2D eigenvalue weighted by Crippen LogP contribution is 2.33. The average Bonchev–Trinajstić information content (AvgIpc) is 3.21. The third-order valence-electron chi connectivity index (χ3n) is 5.04. The molecule has 1 N–H and O–H groups in total. The lowest BCUT2D eigenvalue weighted by Gasteiger charge is -2.17. The van der Waals surface area contributed by atoms with Crippen LogP contribution in [0, 0.1) is 0 Å². The monoisotopic (exact) mass is 413 g/mol. The minimum absolute atomic E-state index is 0.00326. The Morgan fingerprint density at radius 3 is 2.50 bits per heavy atom. The van der Waals surface area contributed by atoms with Crippen molar-refractivity contribution in [2.24, 2.45) is 0 Å². The summed E-state index contributed by atoms with van der Waals surface area (Å²) in [6, 6.07) is 4.87. The average molecular weight is 413 g/mol. The molecular formula is C21H18F3N5O. The van der Waals surface area contributed by atoms with Gasteiger partial charge in [0.25, 0.3) is 0 Å². The number of rotatable bonds is 4. The number of fused-ring (bicyclic) bond motifs is 1. The molecule has 1 saturated heterocycles. The van der Waals surface area contributed by atoms with Gasteiger partial charge in [-0.3, -0.25) is 9.78 Å². The van der Waals surface area contributed by atoms with Gasteiger partial charge in [-0.05, 0) is 30.2 Å². The maximum atomic E-state index is 12.8. The maximum absolute atomic E-state index is 12.8. The van der Waals surface area contributed by atoms with E-state index in [9.17, 15) is 18.0 Å². The van der Waals surface area contributed by atoms with E-state index in [-0.39, 0.29) is 11.9 Å². The third kappa shape index (κ3) is 3.83. The maximum Gasteiger partial charge on any atom is 0.416 e. The van der Waals surface area contributed by atoms with E-state index in [1.165, 1.54) is 30.6 Å². The normalized spacial score (nSPS) is 16.6. The predicted molar refractivity (Wildman–Crippen MR) is 107 cm³/mol. The Bertz CT molecular complexity index is 1100. The molecule has 1 aliphatic rings. The number of benzene rings is 1. The number of nitrogens with zero attached hydrogens (tertiary/aromatic N) is 4. The summed E-state index contributed by atoms with van der Waals surface area (Å²) in [5, 5.41) is 3.31. The quantitative estimate of drug-likeness (QED) is 0.657. The Morgan fingerprint density at radius 1 is 1.13 bits per heavy atom. The number of hydrogen-bond donors (Lipinski definition) is 1. The molecule has 1 aromatic carbocycles. The van der Waals surface area contributed by atoms with Gasteiger partial charge in [0.2, 0.25) is 5.91 Å². The molecule has 30 heavy (non-hydrogen) atoms. The minimum atomic E-state index is -4.39. The van der Waals surface area contributed by atoms with Gasteiger partial charge in [0.05, 0.1) is 5.56 Å². The van der Waals surface area contributed by atoms with E-state index in [2.05, 4.69) is 26.8 Å². The van der Waals surface area contributed by atoms with Gasteiger partial charge in [0, 0.05) is 43.3 Å². The van der Waals surface area contributed by atoms with Gasteiger partial charge in [-0.15, -0.1) is 0 Å². The SMILES string of the molecule is C=CC(=O)N1CC[C@H](Nc2ncc(-c3ccc(C(F)(F)F)cc3)c3nccnc23)C1. The van der Waals surface area contributed by atoms with Crippen molar-refractivity contribution in [2.45, 2.75) is 18.6 Å². The van der Waals surface area contributed by atoms with Crippen LogP contribution in [0.15, 0.2) is 55.5 Å². The number of pyridine rings is 1. The fraction of sp³-hybridized carbons (Fsp3) is 0.238. The number of nitrogens with one attached hydrogen (secondary N) is 1. The molecule has 0 aliphatic carbocycles. The largest absolute Gasteiger partial charge is 0.416 e. The molecule has 0 spiro atoms. The predicted octanol–water partition coefficient (Wildman–Crippen LogP) is 3.91. The van der Waals surface area contributed by atoms with Gasteiger partial charge in [-0.25, -0.2) is 9.97 Å². The van der Waals surface area contributed by atoms with Crippen molar-refractivity contribution < 1.29 is 18.0 Å². The molecule has 9 heteroatoms. The molecule has 0 saturated carbocycles. The molecule has 1 amide bonds. The first-order valence-corrected chi connectivity index (χ1v) is 9.32. The van der Waals surface area contributed by atoms with Gasteiger partial charge in [-0.1, -0.05) is 18.7 Å². The van der Waals surface area contributed by atoms with E-state index in [1.807, 2.05) is 0 Å². The van der Waals surface area contributed by atoms with E-state index in [0.717, 1.165) is 18.6 Å². The van der Waals surface area contributed by atoms with Crippen molar-refractivity contribution in [1.29, 1.82) is 0 Å². The summed E-state index contributed by atoms with van der Waals surface area (Å²) in [7, 11) is 0. The molecule has 0 radical (unpaired) electrons. The zero-order valence-electron chi connectivity index (χ0n) is 15.9. The van der Waals surface area contributed by atoms with E-state index in [1.54, 1.807) is 11.1 Å². The number of alkyl halides is 3. The summed E-state index contributed by atoms with van der Waals surface area (Å²) >= 11 is 0. The Hall–Kier alpha value is -3.49. The van der Waals surface area contributed by atoms with Crippen molar-refractivity contribution in [2.75, 3.05) is 18.4 Å². The fourth-order valence-electron chi connectivity index (χ4n) is 3.52. The van der Waals surface area contributed by atoms with Crippen LogP contribution >= 0.6 is 0 Å². The first kappa shape index (κ1) is 19.8. The van der Waals surface area contributed by atoms with Crippen molar-refractivity contribution in [3.05, 3.63) is 61.1 Å².